The molecule has 22 heavy (non-hydrogen) atoms. The molecule has 2 aromatic rings. The van der Waals surface area contributed by atoms with Gasteiger partial charge in [0.2, 0.25) is 10.0 Å². The first-order valence-corrected chi connectivity index (χ1v) is 8.97. The minimum atomic E-state index is -3.21. The molecule has 3 heterocycles. The lowest BCUT2D eigenvalue weighted by atomic mass is 10.3. The van der Waals surface area contributed by atoms with Crippen LogP contribution in [0.3, 0.4) is 0 Å². The highest BCUT2D eigenvalue weighted by Crippen LogP contribution is 2.19. The van der Waals surface area contributed by atoms with Gasteiger partial charge in [0.1, 0.15) is 12.4 Å². The van der Waals surface area contributed by atoms with Crippen LogP contribution in [-0.2, 0) is 41.1 Å². The zero-order chi connectivity index (χ0) is 15.6. The molecule has 0 aliphatic carbocycles. The van der Waals surface area contributed by atoms with Crippen LogP contribution in [0, 0.1) is 0 Å². The summed E-state index contributed by atoms with van der Waals surface area (Å²) in [4.78, 5) is 4.36. The number of rotatable bonds is 5. The molecule has 0 radical (unpaired) electrons. The summed E-state index contributed by atoms with van der Waals surface area (Å²) in [5, 5.41) is 0. The average Bonchev–Trinajstić information content (AvgIpc) is 3.03. The van der Waals surface area contributed by atoms with Gasteiger partial charge in [0.05, 0.1) is 43.4 Å². The molecule has 1 aliphatic rings. The summed E-state index contributed by atoms with van der Waals surface area (Å²) in [6.45, 7) is 2.35. The normalized spacial score (nSPS) is 16.4. The molecule has 0 bridgehead atoms. The van der Waals surface area contributed by atoms with Crippen LogP contribution in [0.4, 0.5) is 0 Å². The lowest BCUT2D eigenvalue weighted by molar-refractivity contribution is 0.0900. The number of imidazole rings is 1. The van der Waals surface area contributed by atoms with E-state index in [2.05, 4.69) is 4.98 Å². The Morgan fingerprint density at radius 3 is 2.95 bits per heavy atom. The second-order valence-electron chi connectivity index (χ2n) is 5.35. The minimum absolute atomic E-state index is 0.334. The van der Waals surface area contributed by atoms with Crippen molar-refractivity contribution in [3.8, 4) is 0 Å². The predicted octanol–water partition coefficient (Wildman–Crippen LogP) is 1.36. The summed E-state index contributed by atoms with van der Waals surface area (Å²) in [7, 11) is -3.21. The molecule has 0 saturated heterocycles. The van der Waals surface area contributed by atoms with Crippen molar-refractivity contribution in [3.63, 3.8) is 0 Å². The molecule has 2 aromatic heterocycles. The van der Waals surface area contributed by atoms with Gasteiger partial charge in [-0.2, -0.15) is 4.31 Å². The molecule has 1 aliphatic heterocycles. The van der Waals surface area contributed by atoms with Crippen LogP contribution in [0.1, 0.15) is 23.6 Å². The Morgan fingerprint density at radius 1 is 1.36 bits per heavy atom. The number of hydrogen-bond acceptors (Lipinski definition) is 5. The van der Waals surface area contributed by atoms with E-state index in [1.165, 1.54) is 10.6 Å². The fourth-order valence-corrected chi connectivity index (χ4v) is 3.35. The van der Waals surface area contributed by atoms with E-state index in [1.54, 1.807) is 12.6 Å². The topological polar surface area (TPSA) is 77.6 Å². The van der Waals surface area contributed by atoms with Gasteiger partial charge in [-0.15, -0.1) is 0 Å². The van der Waals surface area contributed by atoms with Gasteiger partial charge in [-0.3, -0.25) is 0 Å². The third-order valence-corrected chi connectivity index (χ3v) is 4.95. The highest BCUT2D eigenvalue weighted by Gasteiger charge is 2.24. The summed E-state index contributed by atoms with van der Waals surface area (Å²) < 4.78 is 37.9. The summed E-state index contributed by atoms with van der Waals surface area (Å²) in [6.07, 6.45) is 5.38. The van der Waals surface area contributed by atoms with Crippen molar-refractivity contribution in [2.45, 2.75) is 32.7 Å². The summed E-state index contributed by atoms with van der Waals surface area (Å²) >= 11 is 0. The van der Waals surface area contributed by atoms with Crippen LogP contribution in [-0.4, -0.2) is 35.1 Å². The maximum absolute atomic E-state index is 11.8. The first-order chi connectivity index (χ1) is 10.5. The Balaban J connectivity index is 1.70. The van der Waals surface area contributed by atoms with Gasteiger partial charge in [0.25, 0.3) is 0 Å². The molecule has 0 unspecified atom stereocenters. The van der Waals surface area contributed by atoms with Crippen LogP contribution >= 0.6 is 0 Å². The smallest absolute Gasteiger partial charge is 0.211 e. The fraction of sp³-hybridized carbons (Fsp3) is 0.500. The number of fused-ring (bicyclic) bond motifs is 1. The molecule has 7 nitrogen and oxygen atoms in total. The Labute approximate surface area is 129 Å². The molecule has 8 heteroatoms. The van der Waals surface area contributed by atoms with Gasteiger partial charge < -0.3 is 13.7 Å². The maximum atomic E-state index is 11.8. The standard InChI is InChI=1S/C14H19N3O4S/c1-22(18,19)17-6-3-5-16-11-15-13(14(16)8-17)10-20-9-12-4-2-7-21-12/h2,4,7,11H,3,5-6,8-10H2,1H3. The number of furan rings is 1. The van der Waals surface area contributed by atoms with Crippen LogP contribution < -0.4 is 0 Å². The first-order valence-electron chi connectivity index (χ1n) is 7.12. The maximum Gasteiger partial charge on any atom is 0.211 e. The minimum Gasteiger partial charge on any atom is -0.467 e. The van der Waals surface area contributed by atoms with E-state index in [0.717, 1.165) is 30.1 Å². The predicted molar refractivity (Wildman–Crippen MR) is 79.3 cm³/mol. The number of ether oxygens (including phenoxy) is 1. The lowest BCUT2D eigenvalue weighted by Gasteiger charge is -2.17. The van der Waals surface area contributed by atoms with Crippen molar-refractivity contribution in [1.82, 2.24) is 13.9 Å². The number of nitrogens with zero attached hydrogens (tertiary/aromatic N) is 3. The molecular formula is C14H19N3O4S. The average molecular weight is 325 g/mol. The highest BCUT2D eigenvalue weighted by molar-refractivity contribution is 7.88. The second-order valence-corrected chi connectivity index (χ2v) is 7.34. The molecular weight excluding hydrogens is 306 g/mol. The number of sulfonamides is 1. The molecule has 0 aromatic carbocycles. The van der Waals surface area contributed by atoms with Crippen molar-refractivity contribution in [2.24, 2.45) is 0 Å². The van der Waals surface area contributed by atoms with Crippen molar-refractivity contribution in [2.75, 3.05) is 12.8 Å². The molecule has 0 atom stereocenters. The van der Waals surface area contributed by atoms with E-state index in [9.17, 15) is 8.42 Å². The largest absolute Gasteiger partial charge is 0.467 e. The molecule has 0 N–H and O–H groups in total. The van der Waals surface area contributed by atoms with Crippen LogP contribution in [0.25, 0.3) is 0 Å². The van der Waals surface area contributed by atoms with E-state index >= 15 is 0 Å². The van der Waals surface area contributed by atoms with Crippen LogP contribution in [0.5, 0.6) is 0 Å². The third kappa shape index (κ3) is 3.40. The Bertz CT molecular complexity index is 721. The van der Waals surface area contributed by atoms with Crippen LogP contribution in [0.15, 0.2) is 29.1 Å². The zero-order valence-electron chi connectivity index (χ0n) is 12.4. The first kappa shape index (κ1) is 15.3. The third-order valence-electron chi connectivity index (χ3n) is 3.70. The molecule has 0 fully saturated rings. The van der Waals surface area contributed by atoms with E-state index in [1.807, 2.05) is 16.7 Å². The molecule has 0 saturated carbocycles. The summed E-state index contributed by atoms with van der Waals surface area (Å²) in [5.41, 5.74) is 1.68. The monoisotopic (exact) mass is 325 g/mol. The van der Waals surface area contributed by atoms with E-state index in [4.69, 9.17) is 9.15 Å². The van der Waals surface area contributed by atoms with E-state index < -0.39 is 10.0 Å². The van der Waals surface area contributed by atoms with Crippen molar-refractivity contribution in [1.29, 1.82) is 0 Å². The van der Waals surface area contributed by atoms with E-state index in [0.29, 0.717) is 26.3 Å². The van der Waals surface area contributed by atoms with Crippen molar-refractivity contribution in [3.05, 3.63) is 41.9 Å². The van der Waals surface area contributed by atoms with E-state index in [-0.39, 0.29) is 0 Å². The van der Waals surface area contributed by atoms with Gasteiger partial charge in [-0.05, 0) is 18.6 Å². The van der Waals surface area contributed by atoms with Gasteiger partial charge in [-0.25, -0.2) is 13.4 Å². The van der Waals surface area contributed by atoms with Gasteiger partial charge in [0, 0.05) is 13.1 Å². The number of aryl methyl sites for hydroxylation is 1. The molecule has 120 valence electrons. The van der Waals surface area contributed by atoms with Gasteiger partial charge in [-0.1, -0.05) is 0 Å². The molecule has 3 rings (SSSR count). The van der Waals surface area contributed by atoms with Gasteiger partial charge in [0.15, 0.2) is 0 Å². The fourth-order valence-electron chi connectivity index (χ4n) is 2.53. The number of aromatic nitrogens is 2. The molecule has 0 amide bonds. The molecule has 0 spiro atoms. The van der Waals surface area contributed by atoms with Crippen molar-refractivity contribution >= 4 is 10.0 Å². The number of hydrogen-bond donors (Lipinski definition) is 0. The SMILES string of the molecule is CS(=O)(=O)N1CCCn2cnc(COCc3ccco3)c2C1. The van der Waals surface area contributed by atoms with Gasteiger partial charge >= 0.3 is 0 Å². The lowest BCUT2D eigenvalue weighted by Crippen LogP contribution is -2.30. The highest BCUT2D eigenvalue weighted by atomic mass is 32.2. The van der Waals surface area contributed by atoms with Crippen molar-refractivity contribution < 1.29 is 17.6 Å². The summed E-state index contributed by atoms with van der Waals surface area (Å²) in [5.74, 6) is 0.753. The zero-order valence-corrected chi connectivity index (χ0v) is 13.3. The second kappa shape index (κ2) is 6.23. The Hall–Kier alpha value is -1.64. The summed E-state index contributed by atoms with van der Waals surface area (Å²) in [6, 6.07) is 3.66. The Morgan fingerprint density at radius 2 is 2.23 bits per heavy atom. The Kier molecular flexibility index (Phi) is 4.32. The quantitative estimate of drug-likeness (QED) is 0.829. The van der Waals surface area contributed by atoms with Crippen LogP contribution in [0.2, 0.25) is 0 Å².